The molecule has 2 N–H and O–H groups in total. The van der Waals surface area contributed by atoms with Crippen molar-refractivity contribution in [3.63, 3.8) is 0 Å². The van der Waals surface area contributed by atoms with Crippen LogP contribution in [0.15, 0.2) is 51.9 Å². The lowest BCUT2D eigenvalue weighted by Crippen LogP contribution is -2.40. The van der Waals surface area contributed by atoms with E-state index in [1.807, 2.05) is 32.0 Å². The molecule has 0 bridgehead atoms. The second-order valence-corrected chi connectivity index (χ2v) is 8.95. The first-order valence-corrected chi connectivity index (χ1v) is 11.0. The Morgan fingerprint density at radius 3 is 2.78 bits per heavy atom. The van der Waals surface area contributed by atoms with Crippen molar-refractivity contribution in [2.45, 2.75) is 39.5 Å². The zero-order valence-corrected chi connectivity index (χ0v) is 19.3. The van der Waals surface area contributed by atoms with E-state index >= 15 is 0 Å². The van der Waals surface area contributed by atoms with Crippen LogP contribution < -0.4 is 10.2 Å². The van der Waals surface area contributed by atoms with Crippen molar-refractivity contribution in [3.8, 4) is 0 Å². The van der Waals surface area contributed by atoms with Crippen molar-refractivity contribution in [3.05, 3.63) is 57.4 Å². The second-order valence-electron chi connectivity index (χ2n) is 8.54. The van der Waals surface area contributed by atoms with Gasteiger partial charge in [0.2, 0.25) is 4.91 Å². The monoisotopic (exact) mass is 459 g/mol. The summed E-state index contributed by atoms with van der Waals surface area (Å²) < 4.78 is 11.1. The standard InChI is InChI=1S/C23H27ClN4O4/c1-4-32-22(30)21-17(13-31-10-9-26-28-25)27-16-11-23(2,3)12-18(29)20(16)19(21)14-7-5-6-8-15(14)24/h5-8,19,25H,4,9-13H2,1-3H3/p+1. The zero-order chi connectivity index (χ0) is 23.3. The maximum absolute atomic E-state index is 13.3. The smallest absolute Gasteiger partial charge is 0.336 e. The van der Waals surface area contributed by atoms with Crippen molar-refractivity contribution in [2.24, 2.45) is 10.5 Å². The van der Waals surface area contributed by atoms with E-state index in [1.165, 1.54) is 0 Å². The number of ketones is 1. The van der Waals surface area contributed by atoms with Crippen LogP contribution >= 0.6 is 11.6 Å². The molecule has 1 unspecified atom stereocenters. The molecule has 1 aromatic carbocycles. The first-order chi connectivity index (χ1) is 15.3. The number of nitrogens with one attached hydrogen (secondary N) is 2. The molecule has 1 aliphatic heterocycles. The highest BCUT2D eigenvalue weighted by Gasteiger charge is 2.44. The minimum Gasteiger partial charge on any atom is -0.463 e. The number of nitrogens with zero attached hydrogens (tertiary/aromatic N) is 2. The molecule has 8 nitrogen and oxygen atoms in total. The van der Waals surface area contributed by atoms with E-state index in [0.29, 0.717) is 40.3 Å². The predicted octanol–water partition coefficient (Wildman–Crippen LogP) is 4.05. The zero-order valence-electron chi connectivity index (χ0n) is 18.5. The van der Waals surface area contributed by atoms with Crippen LogP contribution in [0, 0.1) is 10.9 Å². The second kappa shape index (κ2) is 10.2. The molecule has 170 valence electrons. The van der Waals surface area contributed by atoms with Gasteiger partial charge in [-0.05, 0) is 30.4 Å². The average molecular weight is 460 g/mol. The minimum atomic E-state index is -0.644. The fourth-order valence-corrected chi connectivity index (χ4v) is 4.51. The maximum Gasteiger partial charge on any atom is 0.336 e. The van der Waals surface area contributed by atoms with E-state index in [-0.39, 0.29) is 37.6 Å². The number of hydrogen-bond donors (Lipinski definition) is 2. The van der Waals surface area contributed by atoms with Gasteiger partial charge < -0.3 is 14.8 Å². The van der Waals surface area contributed by atoms with Gasteiger partial charge in [-0.1, -0.05) is 43.6 Å². The lowest BCUT2D eigenvalue weighted by molar-refractivity contribution is -0.139. The van der Waals surface area contributed by atoms with Gasteiger partial charge in [0, 0.05) is 28.6 Å². The van der Waals surface area contributed by atoms with Gasteiger partial charge in [0.25, 0.3) is 0 Å². The molecule has 1 heterocycles. The highest BCUT2D eigenvalue weighted by Crippen LogP contribution is 2.48. The maximum atomic E-state index is 13.3. The Labute approximate surface area is 192 Å². The first kappa shape index (κ1) is 23.9. The van der Waals surface area contributed by atoms with Crippen LogP contribution in [0.2, 0.25) is 5.02 Å². The van der Waals surface area contributed by atoms with Crippen molar-refractivity contribution in [2.75, 3.05) is 26.4 Å². The first-order valence-electron chi connectivity index (χ1n) is 10.6. The highest BCUT2D eigenvalue weighted by atomic mass is 35.5. The van der Waals surface area contributed by atoms with Crippen LogP contribution in [-0.4, -0.2) is 38.1 Å². The molecule has 0 spiro atoms. The van der Waals surface area contributed by atoms with Crippen molar-refractivity contribution in [1.82, 2.24) is 10.2 Å². The highest BCUT2D eigenvalue weighted by molar-refractivity contribution is 6.31. The lowest BCUT2D eigenvalue weighted by Gasteiger charge is -2.40. The summed E-state index contributed by atoms with van der Waals surface area (Å²) >= 11 is 6.55. The number of allylic oxidation sites excluding steroid dienone is 2. The number of Topliss-reactive ketones (excluding diaryl/α,β-unsaturated/α-hetero) is 1. The molecule has 0 aromatic heterocycles. The molecule has 0 saturated heterocycles. The van der Waals surface area contributed by atoms with E-state index in [4.69, 9.17) is 26.6 Å². The lowest BCUT2D eigenvalue weighted by atomic mass is 9.68. The molecular formula is C23H28ClN4O4+. The number of carbonyl (C=O) groups is 2. The minimum absolute atomic E-state index is 0.00806. The molecule has 1 aliphatic carbocycles. The third-order valence-corrected chi connectivity index (χ3v) is 5.83. The summed E-state index contributed by atoms with van der Waals surface area (Å²) in [4.78, 5) is 29.4. The summed E-state index contributed by atoms with van der Waals surface area (Å²) in [5.74, 6) is -1.17. The third kappa shape index (κ3) is 5.15. The molecule has 3 rings (SSSR count). The number of rotatable bonds is 8. The average Bonchev–Trinajstić information content (AvgIpc) is 2.72. The summed E-state index contributed by atoms with van der Waals surface area (Å²) in [5, 5.41) is 7.37. The summed E-state index contributed by atoms with van der Waals surface area (Å²) in [6.07, 6.45) is 1.04. The van der Waals surface area contributed by atoms with Crippen LogP contribution in [0.25, 0.3) is 0 Å². The van der Waals surface area contributed by atoms with Gasteiger partial charge in [0.05, 0.1) is 31.1 Å². The normalized spacial score (nSPS) is 19.8. The number of ether oxygens (including phenoxy) is 2. The Balaban J connectivity index is 2.13. The number of carbonyl (C=O) groups excluding carboxylic acids is 2. The Morgan fingerprint density at radius 2 is 2.09 bits per heavy atom. The molecular weight excluding hydrogens is 432 g/mol. The number of benzene rings is 1. The van der Waals surface area contributed by atoms with Crippen molar-refractivity contribution < 1.29 is 19.1 Å². The van der Waals surface area contributed by atoms with Crippen molar-refractivity contribution in [1.29, 1.82) is 5.53 Å². The van der Waals surface area contributed by atoms with E-state index in [9.17, 15) is 9.59 Å². The Hall–Kier alpha value is -2.80. The summed E-state index contributed by atoms with van der Waals surface area (Å²) in [5.41, 5.74) is 9.42. The van der Waals surface area contributed by atoms with Gasteiger partial charge in [0.1, 0.15) is 17.2 Å². The molecule has 9 heteroatoms. The Kier molecular flexibility index (Phi) is 7.61. The molecule has 1 aromatic rings. The van der Waals surface area contributed by atoms with E-state index in [0.717, 1.165) is 5.70 Å². The summed E-state index contributed by atoms with van der Waals surface area (Å²) in [6.45, 7) is 6.59. The molecule has 2 aliphatic rings. The van der Waals surface area contributed by atoms with E-state index in [2.05, 4.69) is 15.3 Å². The molecule has 0 radical (unpaired) electrons. The number of esters is 1. The van der Waals surface area contributed by atoms with Crippen molar-refractivity contribution >= 4 is 23.4 Å². The van der Waals surface area contributed by atoms with Gasteiger partial charge in [-0.15, -0.1) is 0 Å². The van der Waals surface area contributed by atoms with E-state index < -0.39 is 11.9 Å². The summed E-state index contributed by atoms with van der Waals surface area (Å²) in [7, 11) is 0. The van der Waals surface area contributed by atoms with Gasteiger partial charge in [0.15, 0.2) is 5.78 Å². The Bertz CT molecular complexity index is 1020. The molecule has 32 heavy (non-hydrogen) atoms. The van der Waals surface area contributed by atoms with Gasteiger partial charge in [-0.2, -0.15) is 0 Å². The van der Waals surface area contributed by atoms with Crippen LogP contribution in [0.1, 0.15) is 45.1 Å². The fourth-order valence-electron chi connectivity index (χ4n) is 4.26. The summed E-state index contributed by atoms with van der Waals surface area (Å²) in [6, 6.07) is 7.24. The van der Waals surface area contributed by atoms with Crippen LogP contribution in [0.3, 0.4) is 0 Å². The van der Waals surface area contributed by atoms with Crippen LogP contribution in [0.5, 0.6) is 0 Å². The number of dihydropyridines is 1. The molecule has 1 atom stereocenters. The molecule has 0 saturated carbocycles. The third-order valence-electron chi connectivity index (χ3n) is 5.49. The largest absolute Gasteiger partial charge is 0.463 e. The van der Waals surface area contributed by atoms with Crippen LogP contribution in [0.4, 0.5) is 0 Å². The number of hydrogen-bond acceptors (Lipinski definition) is 7. The molecule has 0 fully saturated rings. The van der Waals surface area contributed by atoms with E-state index in [1.54, 1.807) is 13.0 Å². The molecule has 0 amide bonds. The Morgan fingerprint density at radius 1 is 1.34 bits per heavy atom. The topological polar surface area (TPSA) is 115 Å². The quantitative estimate of drug-likeness (QED) is 0.263. The SMILES string of the molecule is CCOC(=O)C1=C(COCCN=[N+]=N)NC2=C(C(=O)CC(C)(C)C2)C1c1ccccc1Cl. The van der Waals surface area contributed by atoms with Gasteiger partial charge in [-0.25, -0.2) is 4.79 Å². The number of halogens is 1. The fraction of sp³-hybridized carbons (Fsp3) is 0.478. The van der Waals surface area contributed by atoms with Crippen LogP contribution in [-0.2, 0) is 19.1 Å². The predicted molar refractivity (Wildman–Crippen MR) is 119 cm³/mol. The van der Waals surface area contributed by atoms with Gasteiger partial charge >= 0.3 is 5.97 Å². The van der Waals surface area contributed by atoms with Gasteiger partial charge in [-0.3, -0.25) is 4.79 Å².